The number of aliphatic hydroxyl groups is 2. The second-order valence-corrected chi connectivity index (χ2v) is 15.6. The number of nitrogens with zero attached hydrogens (tertiary/aromatic N) is 2. The zero-order valence-electron chi connectivity index (χ0n) is 33.3. The highest BCUT2D eigenvalue weighted by Crippen LogP contribution is 2.28. The number of ether oxygens (including phenoxy) is 1. The smallest absolute Gasteiger partial charge is 0.325 e. The van der Waals surface area contributed by atoms with Crippen LogP contribution in [0.4, 0.5) is 8.78 Å². The largest absolute Gasteiger partial charge is 0.468 e. The number of carbonyl (C=O) groups excluding carboxylic acids is 2. The normalized spacial score (nSPS) is 25.7. The molecule has 2 saturated carbocycles. The molecule has 2 aromatic carbocycles. The number of carbonyl (C=O) groups is 2. The molecule has 1 amide bonds. The first-order valence-corrected chi connectivity index (χ1v) is 20.2. The molecule has 55 heavy (non-hydrogen) atoms. The van der Waals surface area contributed by atoms with Gasteiger partial charge in [-0.25, -0.2) is 8.78 Å². The van der Waals surface area contributed by atoms with Crippen LogP contribution in [0, 0.1) is 23.5 Å². The minimum Gasteiger partial charge on any atom is -0.468 e. The summed E-state index contributed by atoms with van der Waals surface area (Å²) in [5.74, 6) is -0.115. The molecule has 0 aromatic heterocycles. The highest BCUT2D eigenvalue weighted by Gasteiger charge is 2.37. The lowest BCUT2D eigenvalue weighted by Crippen LogP contribution is -2.63. The van der Waals surface area contributed by atoms with Crippen molar-refractivity contribution in [2.75, 3.05) is 67.6 Å². The minimum absolute atomic E-state index is 0.0209. The SMILES string of the molecule is CN[C@@H](Cc1ccc(F)cc1)CN(C[C@@H]1CCCC[C@H]1NC)[C@@H](CO)C(=O)OC.CN[C@@H]1CCCC[C@H]1CN1C[C@H](Cc2ccc(F)cc2)NC(=O)[C@@H]1CO. The first-order chi connectivity index (χ1) is 26.6. The Kier molecular flexibility index (Phi) is 18.9. The van der Waals surface area contributed by atoms with E-state index in [2.05, 4.69) is 31.1 Å². The molecule has 0 radical (unpaired) electrons. The summed E-state index contributed by atoms with van der Waals surface area (Å²) in [5, 5.41) is 32.8. The first-order valence-electron chi connectivity index (χ1n) is 20.2. The fraction of sp³-hybridized carbons (Fsp3) is 0.667. The molecule has 1 heterocycles. The predicted octanol–water partition coefficient (Wildman–Crippen LogP) is 2.88. The standard InChI is InChI=1S/C22H36FN3O3.C20H30FN3O2/c1-24-19(12-16-8-10-18(23)11-9-16)14-26(21(15-27)22(28)29-3)13-17-6-4-5-7-20(17)25-2;1-22-18-5-3-2-4-15(18)11-24-12-17(23-20(26)19(24)13-25)10-14-6-8-16(21)9-7-14/h8-11,17,19-21,24-25,27H,4-7,12-15H2,1-3H3;6-9,15,17-19,22,25H,2-5,10-13H2,1H3,(H,23,26)/t17-,19-,20+,21-;15-,17-,18+,19-/m00/s1. The van der Waals surface area contributed by atoms with Crippen LogP contribution in [-0.2, 0) is 27.2 Å². The highest BCUT2D eigenvalue weighted by atomic mass is 19.1. The molecule has 11 nitrogen and oxygen atoms in total. The average Bonchev–Trinajstić information content (AvgIpc) is 3.20. The Morgan fingerprint density at radius 1 is 0.891 bits per heavy atom. The molecule has 2 aliphatic carbocycles. The van der Waals surface area contributed by atoms with Crippen molar-refractivity contribution in [2.24, 2.45) is 11.8 Å². The number of aliphatic hydroxyl groups excluding tert-OH is 2. The number of halogens is 2. The summed E-state index contributed by atoms with van der Waals surface area (Å²) >= 11 is 0. The molecule has 3 aliphatic rings. The third kappa shape index (κ3) is 13.5. The van der Waals surface area contributed by atoms with Gasteiger partial charge in [0.25, 0.3) is 0 Å². The summed E-state index contributed by atoms with van der Waals surface area (Å²) < 4.78 is 31.3. The molecule has 6 N–H and O–H groups in total. The average molecular weight is 773 g/mol. The summed E-state index contributed by atoms with van der Waals surface area (Å²) in [7, 11) is 7.23. The van der Waals surface area contributed by atoms with Crippen LogP contribution in [0.1, 0.15) is 62.5 Å². The molecule has 1 saturated heterocycles. The Bertz CT molecular complexity index is 1420. The molecule has 0 spiro atoms. The van der Waals surface area contributed by atoms with Gasteiger partial charge < -0.3 is 36.2 Å². The van der Waals surface area contributed by atoms with Crippen molar-refractivity contribution in [1.82, 2.24) is 31.1 Å². The van der Waals surface area contributed by atoms with E-state index in [0.29, 0.717) is 56.4 Å². The van der Waals surface area contributed by atoms with Crippen molar-refractivity contribution in [1.29, 1.82) is 0 Å². The molecule has 2 aromatic rings. The van der Waals surface area contributed by atoms with Crippen LogP contribution in [0.5, 0.6) is 0 Å². The molecule has 8 atom stereocenters. The van der Waals surface area contributed by atoms with Gasteiger partial charge in [-0.2, -0.15) is 0 Å². The fourth-order valence-electron chi connectivity index (χ4n) is 8.80. The number of likely N-dealkylation sites (N-methyl/N-ethyl adjacent to an activating group) is 1. The number of methoxy groups -OCH3 is 1. The van der Waals surface area contributed by atoms with Crippen LogP contribution in [0.15, 0.2) is 48.5 Å². The molecule has 308 valence electrons. The van der Waals surface area contributed by atoms with Crippen molar-refractivity contribution < 1.29 is 33.3 Å². The van der Waals surface area contributed by atoms with Gasteiger partial charge in [-0.3, -0.25) is 19.4 Å². The van der Waals surface area contributed by atoms with Gasteiger partial charge in [-0.15, -0.1) is 0 Å². The van der Waals surface area contributed by atoms with Crippen molar-refractivity contribution in [3.05, 3.63) is 71.3 Å². The number of hydrogen-bond donors (Lipinski definition) is 6. The Morgan fingerprint density at radius 3 is 2.00 bits per heavy atom. The van der Waals surface area contributed by atoms with Gasteiger partial charge in [0.15, 0.2) is 0 Å². The first kappa shape index (κ1) is 44.7. The molecule has 1 aliphatic heterocycles. The van der Waals surface area contributed by atoms with Crippen molar-refractivity contribution in [3.8, 4) is 0 Å². The maximum Gasteiger partial charge on any atom is 0.325 e. The van der Waals surface area contributed by atoms with Crippen LogP contribution in [0.2, 0.25) is 0 Å². The summed E-state index contributed by atoms with van der Waals surface area (Å²) in [4.78, 5) is 29.0. The molecular formula is C42H66F2N6O5. The molecular weight excluding hydrogens is 706 g/mol. The monoisotopic (exact) mass is 773 g/mol. The zero-order chi connectivity index (χ0) is 39.7. The van der Waals surface area contributed by atoms with Gasteiger partial charge in [0, 0.05) is 50.3 Å². The Labute approximate surface area is 327 Å². The van der Waals surface area contributed by atoms with E-state index in [-0.39, 0.29) is 42.8 Å². The molecule has 13 heteroatoms. The number of rotatable bonds is 17. The van der Waals surface area contributed by atoms with Gasteiger partial charge >= 0.3 is 5.97 Å². The molecule has 3 fully saturated rings. The van der Waals surface area contributed by atoms with E-state index in [1.54, 1.807) is 24.3 Å². The molecule has 0 bridgehead atoms. The van der Waals surface area contributed by atoms with Crippen LogP contribution < -0.4 is 21.3 Å². The highest BCUT2D eigenvalue weighted by molar-refractivity contribution is 5.83. The summed E-state index contributed by atoms with van der Waals surface area (Å²) in [6.45, 7) is 2.39. The second-order valence-electron chi connectivity index (χ2n) is 15.6. The van der Waals surface area contributed by atoms with E-state index < -0.39 is 18.1 Å². The number of amides is 1. The van der Waals surface area contributed by atoms with E-state index in [4.69, 9.17) is 4.74 Å². The number of hydrogen-bond acceptors (Lipinski definition) is 10. The summed E-state index contributed by atoms with van der Waals surface area (Å²) in [5.41, 5.74) is 2.03. The van der Waals surface area contributed by atoms with Gasteiger partial charge in [-0.1, -0.05) is 49.9 Å². The van der Waals surface area contributed by atoms with Gasteiger partial charge in [0.2, 0.25) is 5.91 Å². The van der Waals surface area contributed by atoms with Crippen molar-refractivity contribution in [2.45, 2.75) is 100 Å². The lowest BCUT2D eigenvalue weighted by molar-refractivity contribution is -0.149. The van der Waals surface area contributed by atoms with E-state index in [9.17, 15) is 28.6 Å². The van der Waals surface area contributed by atoms with E-state index in [0.717, 1.165) is 36.9 Å². The maximum atomic E-state index is 13.2. The quantitative estimate of drug-likeness (QED) is 0.133. The Balaban J connectivity index is 0.000000246. The maximum absolute atomic E-state index is 13.2. The van der Waals surface area contributed by atoms with Gasteiger partial charge in [0.1, 0.15) is 23.7 Å². The van der Waals surface area contributed by atoms with E-state index >= 15 is 0 Å². The zero-order valence-corrected chi connectivity index (χ0v) is 33.3. The summed E-state index contributed by atoms with van der Waals surface area (Å²) in [6.07, 6.45) is 10.8. The van der Waals surface area contributed by atoms with Crippen LogP contribution in [-0.4, -0.2) is 136 Å². The Morgan fingerprint density at radius 2 is 1.45 bits per heavy atom. The Hall–Kier alpha value is -3.04. The summed E-state index contributed by atoms with van der Waals surface area (Å²) in [6, 6.07) is 12.7. The number of benzene rings is 2. The molecule has 5 rings (SSSR count). The third-order valence-electron chi connectivity index (χ3n) is 12.0. The van der Waals surface area contributed by atoms with E-state index in [1.165, 1.54) is 63.5 Å². The lowest BCUT2D eigenvalue weighted by Gasteiger charge is -2.42. The van der Waals surface area contributed by atoms with Crippen LogP contribution >= 0.6 is 0 Å². The fourth-order valence-corrected chi connectivity index (χ4v) is 8.80. The lowest BCUT2D eigenvalue weighted by atomic mass is 9.83. The van der Waals surface area contributed by atoms with Gasteiger partial charge in [-0.05, 0) is 107 Å². The second kappa shape index (κ2) is 23.3. The number of nitrogens with one attached hydrogen (secondary N) is 4. The van der Waals surface area contributed by atoms with E-state index in [1.807, 2.05) is 21.1 Å². The third-order valence-corrected chi connectivity index (χ3v) is 12.0. The molecule has 0 unspecified atom stereocenters. The van der Waals surface area contributed by atoms with Gasteiger partial charge in [0.05, 0.1) is 20.3 Å². The number of piperazine rings is 1. The number of esters is 1. The minimum atomic E-state index is -0.691. The van der Waals surface area contributed by atoms with Crippen molar-refractivity contribution >= 4 is 11.9 Å². The topological polar surface area (TPSA) is 138 Å². The van der Waals surface area contributed by atoms with Crippen LogP contribution in [0.25, 0.3) is 0 Å². The predicted molar refractivity (Wildman–Crippen MR) is 212 cm³/mol. The van der Waals surface area contributed by atoms with Crippen LogP contribution in [0.3, 0.4) is 0 Å². The van der Waals surface area contributed by atoms with Crippen molar-refractivity contribution in [3.63, 3.8) is 0 Å².